The van der Waals surface area contributed by atoms with Gasteiger partial charge in [-0.3, -0.25) is 13.6 Å². The van der Waals surface area contributed by atoms with Crippen LogP contribution in [0, 0.1) is 0 Å². The molecule has 0 aliphatic carbocycles. The predicted octanol–water partition coefficient (Wildman–Crippen LogP) is 3.31. The zero-order valence-electron chi connectivity index (χ0n) is 18.9. The quantitative estimate of drug-likeness (QED) is 0.439. The van der Waals surface area contributed by atoms with Crippen molar-refractivity contribution in [2.24, 2.45) is 0 Å². The third-order valence-corrected chi connectivity index (χ3v) is 6.83. The maximum atomic E-state index is 13.0. The number of amides is 1. The summed E-state index contributed by atoms with van der Waals surface area (Å²) in [6.45, 7) is 2.21. The van der Waals surface area contributed by atoms with E-state index in [0.29, 0.717) is 42.7 Å². The van der Waals surface area contributed by atoms with Gasteiger partial charge in [-0.05, 0) is 29.8 Å². The number of morpholine rings is 1. The lowest BCUT2D eigenvalue weighted by molar-refractivity contribution is 0.0303. The fraction of sp³-hybridized carbons (Fsp3) is 0.240. The molecule has 1 amide bonds. The normalized spacial score (nSPS) is 14.8. The molecule has 1 fully saturated rings. The van der Waals surface area contributed by atoms with E-state index in [0.717, 1.165) is 27.8 Å². The predicted molar refractivity (Wildman–Crippen MR) is 130 cm³/mol. The minimum absolute atomic E-state index is 0.0496. The van der Waals surface area contributed by atoms with Crippen LogP contribution in [-0.2, 0) is 15.5 Å². The van der Waals surface area contributed by atoms with E-state index in [1.165, 1.54) is 0 Å². The number of rotatable bonds is 5. The Balaban J connectivity index is 1.55. The monoisotopic (exact) mass is 476 g/mol. The zero-order valence-corrected chi connectivity index (χ0v) is 19.7. The van der Waals surface area contributed by atoms with Crippen LogP contribution in [0.1, 0.15) is 10.4 Å². The van der Waals surface area contributed by atoms with Gasteiger partial charge in [-0.25, -0.2) is 9.97 Å². The van der Waals surface area contributed by atoms with Gasteiger partial charge in [0, 0.05) is 54.4 Å². The molecule has 0 bridgehead atoms. The highest BCUT2D eigenvalue weighted by Crippen LogP contribution is 2.28. The van der Waals surface area contributed by atoms with Gasteiger partial charge in [0.1, 0.15) is 5.75 Å². The first-order chi connectivity index (χ1) is 16.5. The van der Waals surface area contributed by atoms with Gasteiger partial charge in [0.2, 0.25) is 5.95 Å². The molecule has 3 heterocycles. The highest BCUT2D eigenvalue weighted by molar-refractivity contribution is 7.84. The first-order valence-corrected chi connectivity index (χ1v) is 12.4. The molecule has 2 aromatic carbocycles. The highest BCUT2D eigenvalue weighted by atomic mass is 32.2. The summed E-state index contributed by atoms with van der Waals surface area (Å²) < 4.78 is 24.9. The van der Waals surface area contributed by atoms with E-state index in [4.69, 9.17) is 9.47 Å². The number of carbonyl (C=O) groups is 1. The Bertz CT molecular complexity index is 1380. The largest absolute Gasteiger partial charge is 0.497 e. The number of hydrogen-bond acceptors (Lipinski definition) is 6. The number of fused-ring (bicyclic) bond motifs is 1. The van der Waals surface area contributed by atoms with Crippen molar-refractivity contribution in [2.75, 3.05) is 39.7 Å². The Labute approximate surface area is 199 Å². The first-order valence-electron chi connectivity index (χ1n) is 10.9. The molecular weight excluding hydrogens is 452 g/mol. The van der Waals surface area contributed by atoms with E-state index in [2.05, 4.69) is 9.97 Å². The van der Waals surface area contributed by atoms with Crippen LogP contribution in [0.25, 0.3) is 28.0 Å². The van der Waals surface area contributed by atoms with Gasteiger partial charge in [-0.15, -0.1) is 0 Å². The second kappa shape index (κ2) is 9.36. The summed E-state index contributed by atoms with van der Waals surface area (Å²) in [5.74, 6) is 1.14. The number of methoxy groups -OCH3 is 1. The van der Waals surface area contributed by atoms with E-state index < -0.39 is 10.8 Å². The van der Waals surface area contributed by atoms with Gasteiger partial charge in [-0.1, -0.05) is 18.2 Å². The summed E-state index contributed by atoms with van der Waals surface area (Å²) in [7, 11) is 0.410. The molecule has 5 rings (SSSR count). The molecule has 1 unspecified atom stereocenters. The van der Waals surface area contributed by atoms with Gasteiger partial charge >= 0.3 is 0 Å². The molecule has 8 nitrogen and oxygen atoms in total. The fourth-order valence-corrected chi connectivity index (χ4v) is 4.81. The van der Waals surface area contributed by atoms with Crippen LogP contribution < -0.4 is 4.74 Å². The van der Waals surface area contributed by atoms with E-state index in [9.17, 15) is 9.00 Å². The van der Waals surface area contributed by atoms with Crippen molar-refractivity contribution < 1.29 is 18.5 Å². The molecule has 0 radical (unpaired) electrons. The molecule has 4 aromatic rings. The van der Waals surface area contributed by atoms with Crippen LogP contribution in [0.5, 0.6) is 5.75 Å². The third kappa shape index (κ3) is 4.20. The maximum absolute atomic E-state index is 13.0. The minimum Gasteiger partial charge on any atom is -0.497 e. The zero-order chi connectivity index (χ0) is 23.7. The van der Waals surface area contributed by atoms with Crippen LogP contribution >= 0.6 is 0 Å². The first kappa shape index (κ1) is 22.2. The van der Waals surface area contributed by atoms with Crippen molar-refractivity contribution in [1.29, 1.82) is 0 Å². The highest BCUT2D eigenvalue weighted by Gasteiger charge is 2.21. The summed E-state index contributed by atoms with van der Waals surface area (Å²) in [6.07, 6.45) is 6.91. The fourth-order valence-electron chi connectivity index (χ4n) is 4.07. The molecule has 174 valence electrons. The molecule has 2 aromatic heterocycles. The molecular formula is C25H24N4O4S. The second-order valence-corrected chi connectivity index (χ2v) is 9.31. The van der Waals surface area contributed by atoms with Crippen molar-refractivity contribution in [3.63, 3.8) is 0 Å². The molecule has 0 spiro atoms. The summed E-state index contributed by atoms with van der Waals surface area (Å²) in [4.78, 5) is 24.6. The topological polar surface area (TPSA) is 86.6 Å². The number of carbonyl (C=O) groups excluding carboxylic acids is 1. The molecule has 1 saturated heterocycles. The van der Waals surface area contributed by atoms with Crippen LogP contribution in [0.4, 0.5) is 0 Å². The van der Waals surface area contributed by atoms with Gasteiger partial charge in [0.15, 0.2) is 0 Å². The number of hydrogen-bond donors (Lipinski definition) is 0. The molecule has 9 heteroatoms. The van der Waals surface area contributed by atoms with E-state index in [-0.39, 0.29) is 5.91 Å². The van der Waals surface area contributed by atoms with Crippen molar-refractivity contribution in [1.82, 2.24) is 19.4 Å². The number of aromatic nitrogens is 3. The average Bonchev–Trinajstić information content (AvgIpc) is 3.28. The smallest absolute Gasteiger partial charge is 0.254 e. The maximum Gasteiger partial charge on any atom is 0.254 e. The average molecular weight is 477 g/mol. The lowest BCUT2D eigenvalue weighted by Gasteiger charge is -2.26. The van der Waals surface area contributed by atoms with E-state index in [1.54, 1.807) is 47.5 Å². The van der Waals surface area contributed by atoms with Crippen LogP contribution in [0.2, 0.25) is 0 Å². The Kier molecular flexibility index (Phi) is 6.12. The summed E-state index contributed by atoms with van der Waals surface area (Å²) in [6, 6.07) is 13.1. The van der Waals surface area contributed by atoms with Crippen molar-refractivity contribution in [3.05, 3.63) is 66.6 Å². The Morgan fingerprint density at radius 2 is 1.82 bits per heavy atom. The van der Waals surface area contributed by atoms with Gasteiger partial charge in [0.05, 0.1) is 41.5 Å². The van der Waals surface area contributed by atoms with Crippen molar-refractivity contribution in [2.45, 2.75) is 4.90 Å². The van der Waals surface area contributed by atoms with Gasteiger partial charge < -0.3 is 14.4 Å². The summed E-state index contributed by atoms with van der Waals surface area (Å²) >= 11 is 0. The van der Waals surface area contributed by atoms with Crippen LogP contribution in [0.15, 0.2) is 66.0 Å². The molecule has 0 N–H and O–H groups in total. The molecule has 0 saturated carbocycles. The standard InChI is InChI=1S/C25H24N4O4S/c1-32-20-5-3-4-17(12-20)19-14-26-25(27-15-19)29-16-23(34(2)31)21-7-6-18(13-22(21)29)24(30)28-8-10-33-11-9-28/h3-7,12-16H,8-11H2,1-2H3. The second-order valence-electron chi connectivity index (χ2n) is 7.96. The molecule has 1 aliphatic rings. The molecule has 34 heavy (non-hydrogen) atoms. The minimum atomic E-state index is -1.22. The Morgan fingerprint density at radius 3 is 2.53 bits per heavy atom. The molecule has 1 atom stereocenters. The summed E-state index contributed by atoms with van der Waals surface area (Å²) in [5, 5.41) is 0.805. The van der Waals surface area contributed by atoms with Crippen molar-refractivity contribution in [3.8, 4) is 22.8 Å². The van der Waals surface area contributed by atoms with Gasteiger partial charge in [0.25, 0.3) is 5.91 Å². The number of nitrogens with zero attached hydrogens (tertiary/aromatic N) is 4. The van der Waals surface area contributed by atoms with Crippen LogP contribution in [-0.4, -0.2) is 69.2 Å². The summed E-state index contributed by atoms with van der Waals surface area (Å²) in [5.41, 5.74) is 3.09. The third-order valence-electron chi connectivity index (χ3n) is 5.88. The SMILES string of the molecule is COc1cccc(-c2cnc(-n3cc(S(C)=O)c4ccc(C(=O)N5CCOCC5)cc43)nc2)c1. The van der Waals surface area contributed by atoms with Gasteiger partial charge in [-0.2, -0.15) is 0 Å². The lowest BCUT2D eigenvalue weighted by atomic mass is 10.1. The van der Waals surface area contributed by atoms with Crippen molar-refractivity contribution >= 4 is 27.6 Å². The van der Waals surface area contributed by atoms with Crippen LogP contribution in [0.3, 0.4) is 0 Å². The van der Waals surface area contributed by atoms with E-state index >= 15 is 0 Å². The molecule has 1 aliphatic heterocycles. The lowest BCUT2D eigenvalue weighted by Crippen LogP contribution is -2.40. The number of ether oxygens (including phenoxy) is 2. The number of benzene rings is 2. The Hall–Kier alpha value is -3.56. The Morgan fingerprint density at radius 1 is 1.06 bits per heavy atom. The van der Waals surface area contributed by atoms with E-state index in [1.807, 2.05) is 36.4 Å².